The molecule has 0 bridgehead atoms. The lowest BCUT2D eigenvalue weighted by Crippen LogP contribution is -2.60. The quantitative estimate of drug-likeness (QED) is 0.0261. The van der Waals surface area contributed by atoms with Crippen molar-refractivity contribution < 1.29 is 39.8 Å². The molecule has 9 nitrogen and oxygen atoms in total. The first-order valence-electron chi connectivity index (χ1n) is 33.1. The fourth-order valence-electron chi connectivity index (χ4n) is 9.48. The molecular weight excluding hydrogens is 1020 g/mol. The number of carbonyl (C=O) groups is 1. The van der Waals surface area contributed by atoms with E-state index >= 15 is 0 Å². The van der Waals surface area contributed by atoms with Gasteiger partial charge in [-0.3, -0.25) is 4.79 Å². The van der Waals surface area contributed by atoms with Crippen LogP contribution in [0.15, 0.2) is 146 Å². The summed E-state index contributed by atoms with van der Waals surface area (Å²) in [6.07, 6.45) is 86.5. The first kappa shape index (κ1) is 76.1. The van der Waals surface area contributed by atoms with E-state index in [2.05, 4.69) is 153 Å². The second-order valence-electron chi connectivity index (χ2n) is 22.2. The van der Waals surface area contributed by atoms with Gasteiger partial charge in [-0.25, -0.2) is 0 Å². The number of unbranched alkanes of at least 4 members (excludes halogenated alkanes) is 23. The number of aliphatic hydroxyl groups is 5. The summed E-state index contributed by atoms with van der Waals surface area (Å²) in [6.45, 7) is 3.64. The number of nitrogens with one attached hydrogen (secondary N) is 1. The van der Waals surface area contributed by atoms with Crippen LogP contribution in [0.25, 0.3) is 0 Å². The van der Waals surface area contributed by atoms with Gasteiger partial charge >= 0.3 is 0 Å². The van der Waals surface area contributed by atoms with Gasteiger partial charge in [0.2, 0.25) is 5.91 Å². The summed E-state index contributed by atoms with van der Waals surface area (Å²) in [5, 5.41) is 54.6. The molecule has 9 heteroatoms. The van der Waals surface area contributed by atoms with Crippen molar-refractivity contribution in [2.45, 2.75) is 294 Å². The van der Waals surface area contributed by atoms with Crippen molar-refractivity contribution in [3.63, 3.8) is 0 Å². The zero-order valence-corrected chi connectivity index (χ0v) is 51.9. The highest BCUT2D eigenvalue weighted by atomic mass is 16.7. The number of amides is 1. The van der Waals surface area contributed by atoms with Crippen LogP contribution in [0.2, 0.25) is 0 Å². The van der Waals surface area contributed by atoms with Crippen LogP contribution in [0.5, 0.6) is 0 Å². The van der Waals surface area contributed by atoms with E-state index in [0.717, 1.165) is 109 Å². The topological polar surface area (TPSA) is 149 Å². The SMILES string of the molecule is CC/C=C\C/C=C\C/C=C\C/C=C\C/C=C\C/C=C\C/C=C\C/C=C\C/C=C\CCCCCCCCCCCCCCCC(=O)NC(COC1OC(CO)C(O)C(O)C1O)C(O)/C=C/CC/C=C/CC/C=C/CCCCCCCCCC. The van der Waals surface area contributed by atoms with Crippen molar-refractivity contribution in [1.82, 2.24) is 5.32 Å². The lowest BCUT2D eigenvalue weighted by atomic mass is 9.99. The highest BCUT2D eigenvalue weighted by Gasteiger charge is 2.44. The molecule has 1 fully saturated rings. The van der Waals surface area contributed by atoms with Gasteiger partial charge in [0.15, 0.2) is 6.29 Å². The van der Waals surface area contributed by atoms with Crippen LogP contribution in [0, 0.1) is 0 Å². The minimum absolute atomic E-state index is 0.197. The van der Waals surface area contributed by atoms with E-state index in [-0.39, 0.29) is 12.5 Å². The Hall–Kier alpha value is -3.93. The highest BCUT2D eigenvalue weighted by molar-refractivity contribution is 5.76. The molecule has 1 aliphatic heterocycles. The smallest absolute Gasteiger partial charge is 0.220 e. The van der Waals surface area contributed by atoms with E-state index in [4.69, 9.17) is 9.47 Å². The number of aliphatic hydroxyl groups excluding tert-OH is 5. The lowest BCUT2D eigenvalue weighted by molar-refractivity contribution is -0.302. The van der Waals surface area contributed by atoms with E-state index in [1.54, 1.807) is 6.08 Å². The maximum absolute atomic E-state index is 13.1. The summed E-state index contributed by atoms with van der Waals surface area (Å²) in [4.78, 5) is 13.1. The van der Waals surface area contributed by atoms with E-state index in [1.807, 2.05) is 6.08 Å². The molecule has 0 aromatic carbocycles. The molecule has 0 spiro atoms. The number of carbonyl (C=O) groups excluding carboxylic acids is 1. The zero-order chi connectivity index (χ0) is 59.3. The second-order valence-corrected chi connectivity index (χ2v) is 22.2. The monoisotopic (exact) mass is 1140 g/mol. The molecule has 0 aromatic rings. The molecule has 466 valence electrons. The van der Waals surface area contributed by atoms with Gasteiger partial charge in [0, 0.05) is 6.42 Å². The average Bonchev–Trinajstić information content (AvgIpc) is 3.57. The van der Waals surface area contributed by atoms with Crippen molar-refractivity contribution >= 4 is 5.91 Å². The van der Waals surface area contributed by atoms with Crippen molar-refractivity contribution in [3.05, 3.63) is 146 Å². The summed E-state index contributed by atoms with van der Waals surface area (Å²) in [7, 11) is 0. The third-order valence-corrected chi connectivity index (χ3v) is 14.6. The summed E-state index contributed by atoms with van der Waals surface area (Å²) >= 11 is 0. The zero-order valence-electron chi connectivity index (χ0n) is 51.9. The van der Waals surface area contributed by atoms with Crippen LogP contribution in [-0.2, 0) is 14.3 Å². The third-order valence-electron chi connectivity index (χ3n) is 14.6. The predicted octanol–water partition coefficient (Wildman–Crippen LogP) is 17.8. The summed E-state index contributed by atoms with van der Waals surface area (Å²) < 4.78 is 11.3. The molecule has 0 saturated carbocycles. The highest BCUT2D eigenvalue weighted by Crippen LogP contribution is 2.23. The van der Waals surface area contributed by atoms with E-state index < -0.39 is 49.5 Å². The molecule has 1 heterocycles. The van der Waals surface area contributed by atoms with Crippen LogP contribution in [0.1, 0.15) is 251 Å². The molecule has 1 aliphatic rings. The normalized spacial score (nSPS) is 19.3. The van der Waals surface area contributed by atoms with Gasteiger partial charge in [-0.05, 0) is 116 Å². The first-order valence-corrected chi connectivity index (χ1v) is 33.1. The second kappa shape index (κ2) is 60.2. The number of allylic oxidation sites excluding steroid dienone is 23. The average molecular weight is 1140 g/mol. The maximum Gasteiger partial charge on any atom is 0.220 e. The van der Waals surface area contributed by atoms with Crippen LogP contribution in [0.4, 0.5) is 0 Å². The Morgan fingerprint density at radius 1 is 0.427 bits per heavy atom. The molecule has 0 radical (unpaired) electrons. The standard InChI is InChI=1S/C73H121NO8/c1-3-5-7-9-11-13-15-17-19-21-23-24-25-26-27-28-29-30-31-32-33-34-35-36-37-38-39-40-41-42-43-44-45-47-49-51-53-55-57-59-61-63-69(77)74-66(65-81-73-72(80)71(79)70(78)68(64-75)82-73)67(76)62-60-58-56-54-52-50-48-46-22-20-18-16-14-12-10-8-6-4-2/h5,7,11,13,17,19,22-24,26-27,29-30,32-33,35-36,38-39,46,52,54,60,62,66-68,70-73,75-76,78-80H,3-4,6,8-10,12,14-16,18,20-21,25,28,31,34,37,40-45,47-51,53,55-59,61,63-65H2,1-2H3,(H,74,77)/b7-5-,13-11-,19-17-,24-23-,27-26-,30-29-,33-32-,36-35-,39-38-,46-22+,54-52+,62-60+. The molecule has 0 aliphatic carbocycles. The molecular formula is C73H121NO8. The number of rotatable bonds is 55. The summed E-state index contributed by atoms with van der Waals surface area (Å²) in [5.74, 6) is -0.197. The Morgan fingerprint density at radius 3 is 1.17 bits per heavy atom. The summed E-state index contributed by atoms with van der Waals surface area (Å²) in [6, 6.07) is -0.838. The van der Waals surface area contributed by atoms with Gasteiger partial charge in [0.1, 0.15) is 24.4 Å². The summed E-state index contributed by atoms with van der Waals surface area (Å²) in [5.41, 5.74) is 0. The molecule has 82 heavy (non-hydrogen) atoms. The van der Waals surface area contributed by atoms with Gasteiger partial charge in [-0.15, -0.1) is 0 Å². The Balaban J connectivity index is 2.15. The molecule has 6 N–H and O–H groups in total. The van der Waals surface area contributed by atoms with E-state index in [1.165, 1.54) is 122 Å². The largest absolute Gasteiger partial charge is 0.394 e. The predicted molar refractivity (Wildman–Crippen MR) is 350 cm³/mol. The minimum Gasteiger partial charge on any atom is -0.394 e. The number of ether oxygens (including phenoxy) is 2. The van der Waals surface area contributed by atoms with Crippen molar-refractivity contribution in [2.24, 2.45) is 0 Å². The Labute approximate surface area is 502 Å². The fraction of sp³-hybridized carbons (Fsp3) is 0.658. The van der Waals surface area contributed by atoms with Gasteiger partial charge in [-0.1, -0.05) is 275 Å². The van der Waals surface area contributed by atoms with Gasteiger partial charge in [-0.2, -0.15) is 0 Å². The van der Waals surface area contributed by atoms with Gasteiger partial charge in [0.25, 0.3) is 0 Å². The van der Waals surface area contributed by atoms with Crippen LogP contribution in [0.3, 0.4) is 0 Å². The first-order chi connectivity index (χ1) is 40.3. The Kier molecular flexibility index (Phi) is 55.9. The minimum atomic E-state index is -1.58. The molecule has 1 amide bonds. The molecule has 1 saturated heterocycles. The van der Waals surface area contributed by atoms with Crippen molar-refractivity contribution in [2.75, 3.05) is 13.2 Å². The lowest BCUT2D eigenvalue weighted by Gasteiger charge is -2.40. The van der Waals surface area contributed by atoms with Crippen LogP contribution < -0.4 is 5.32 Å². The van der Waals surface area contributed by atoms with E-state index in [0.29, 0.717) is 6.42 Å². The number of hydrogen-bond donors (Lipinski definition) is 6. The molecule has 7 atom stereocenters. The fourth-order valence-corrected chi connectivity index (χ4v) is 9.48. The number of hydrogen-bond acceptors (Lipinski definition) is 8. The Morgan fingerprint density at radius 2 is 0.768 bits per heavy atom. The molecule has 0 aromatic heterocycles. The van der Waals surface area contributed by atoms with Crippen molar-refractivity contribution in [1.29, 1.82) is 0 Å². The molecule has 1 rings (SSSR count). The van der Waals surface area contributed by atoms with Crippen LogP contribution in [-0.4, -0.2) is 87.5 Å². The van der Waals surface area contributed by atoms with E-state index in [9.17, 15) is 30.3 Å². The van der Waals surface area contributed by atoms with Crippen LogP contribution >= 0.6 is 0 Å². The van der Waals surface area contributed by atoms with Crippen molar-refractivity contribution in [3.8, 4) is 0 Å². The van der Waals surface area contributed by atoms with Gasteiger partial charge in [0.05, 0.1) is 25.4 Å². The maximum atomic E-state index is 13.1. The third kappa shape index (κ3) is 48.4. The molecule has 7 unspecified atom stereocenters. The Bertz CT molecular complexity index is 1800. The van der Waals surface area contributed by atoms with Gasteiger partial charge < -0.3 is 40.3 Å².